The smallest absolute Gasteiger partial charge is 0.244 e. The van der Waals surface area contributed by atoms with Crippen LogP contribution in [0.1, 0.15) is 12.2 Å². The molecule has 3 heterocycles. The number of nitrogens with one attached hydrogen (secondary N) is 1. The predicted octanol–water partition coefficient (Wildman–Crippen LogP) is 1.94. The summed E-state index contributed by atoms with van der Waals surface area (Å²) in [5.74, 6) is -0.391. The van der Waals surface area contributed by atoms with E-state index >= 15 is 0 Å². The molecule has 0 spiro atoms. The van der Waals surface area contributed by atoms with E-state index in [2.05, 4.69) is 5.32 Å². The topological polar surface area (TPSA) is 109 Å². The number of nitrogens with zero attached hydrogens (tertiary/aromatic N) is 2. The van der Waals surface area contributed by atoms with Crippen LogP contribution in [0, 0.1) is 5.92 Å². The highest BCUT2D eigenvalue weighted by atomic mass is 35.5. The van der Waals surface area contributed by atoms with Gasteiger partial charge in [-0.25, -0.2) is 8.42 Å². The van der Waals surface area contributed by atoms with Gasteiger partial charge in [0.25, 0.3) is 0 Å². The lowest BCUT2D eigenvalue weighted by Crippen LogP contribution is -2.40. The maximum atomic E-state index is 13.0. The monoisotopic (exact) mass is 467 g/mol. The number of sulfonamides is 1. The summed E-state index contributed by atoms with van der Waals surface area (Å²) in [6, 6.07) is 7.83. The van der Waals surface area contributed by atoms with Gasteiger partial charge in [-0.1, -0.05) is 11.6 Å². The molecule has 0 aliphatic carbocycles. The van der Waals surface area contributed by atoms with Gasteiger partial charge in [0.15, 0.2) is 0 Å². The molecule has 11 heteroatoms. The largest absolute Gasteiger partial charge is 0.467 e. The van der Waals surface area contributed by atoms with Crippen LogP contribution in [0.3, 0.4) is 0 Å². The Labute approximate surface area is 184 Å². The Balaban J connectivity index is 1.45. The van der Waals surface area contributed by atoms with Crippen molar-refractivity contribution in [2.45, 2.75) is 17.9 Å². The molecule has 2 aliphatic heterocycles. The zero-order chi connectivity index (χ0) is 22.0. The lowest BCUT2D eigenvalue weighted by Gasteiger charge is -2.26. The van der Waals surface area contributed by atoms with Gasteiger partial charge in [-0.2, -0.15) is 4.31 Å². The van der Waals surface area contributed by atoms with Crippen LogP contribution in [0.15, 0.2) is 45.9 Å². The molecule has 2 amide bonds. The van der Waals surface area contributed by atoms with E-state index in [1.54, 1.807) is 17.0 Å². The Hall–Kier alpha value is -2.40. The molecule has 9 nitrogen and oxygen atoms in total. The van der Waals surface area contributed by atoms with E-state index in [-0.39, 0.29) is 47.8 Å². The minimum absolute atomic E-state index is 0.0733. The minimum Gasteiger partial charge on any atom is -0.467 e. The van der Waals surface area contributed by atoms with Crippen LogP contribution in [-0.4, -0.2) is 62.3 Å². The van der Waals surface area contributed by atoms with Crippen molar-refractivity contribution in [1.82, 2.24) is 9.21 Å². The SMILES string of the molecule is O=C(Nc1ccc(Cl)c(S(=O)(=O)N2CCOCC2)c1)C1CC(=O)N(Cc2ccco2)C1. The quantitative estimate of drug-likeness (QED) is 0.695. The molecule has 1 aromatic carbocycles. The number of furan rings is 1. The zero-order valence-electron chi connectivity index (χ0n) is 16.6. The van der Waals surface area contributed by atoms with Crippen molar-refractivity contribution in [3.63, 3.8) is 0 Å². The van der Waals surface area contributed by atoms with Crippen molar-refractivity contribution >= 4 is 39.1 Å². The summed E-state index contributed by atoms with van der Waals surface area (Å²) in [4.78, 5) is 26.5. The third kappa shape index (κ3) is 4.77. The highest BCUT2D eigenvalue weighted by Gasteiger charge is 2.35. The summed E-state index contributed by atoms with van der Waals surface area (Å²) in [5, 5.41) is 2.79. The van der Waals surface area contributed by atoms with Crippen LogP contribution < -0.4 is 5.32 Å². The Kier molecular flexibility index (Phi) is 6.33. The molecule has 2 aromatic rings. The second-order valence-corrected chi connectivity index (χ2v) is 9.72. The van der Waals surface area contributed by atoms with Crippen LogP contribution in [0.5, 0.6) is 0 Å². The lowest BCUT2D eigenvalue weighted by molar-refractivity contribution is -0.128. The van der Waals surface area contributed by atoms with Crippen LogP contribution in [0.25, 0.3) is 0 Å². The summed E-state index contributed by atoms with van der Waals surface area (Å²) in [6.45, 7) is 1.68. The van der Waals surface area contributed by atoms with E-state index in [0.29, 0.717) is 31.2 Å². The number of benzene rings is 1. The molecule has 0 saturated carbocycles. The van der Waals surface area contributed by atoms with E-state index in [0.717, 1.165) is 0 Å². The average Bonchev–Trinajstić information content (AvgIpc) is 3.40. The Morgan fingerprint density at radius 3 is 2.71 bits per heavy atom. The van der Waals surface area contributed by atoms with Crippen LogP contribution >= 0.6 is 11.6 Å². The van der Waals surface area contributed by atoms with Crippen molar-refractivity contribution < 1.29 is 27.2 Å². The molecule has 2 fully saturated rings. The van der Waals surface area contributed by atoms with Gasteiger partial charge in [-0.15, -0.1) is 0 Å². The molecule has 2 aliphatic rings. The first-order chi connectivity index (χ1) is 14.8. The number of amides is 2. The maximum absolute atomic E-state index is 13.0. The standard InChI is InChI=1S/C20H22ClN3O6S/c21-17-4-3-15(11-18(17)31(27,28)24-5-8-29-9-6-24)22-20(26)14-10-19(25)23(12-14)13-16-2-1-7-30-16/h1-4,7,11,14H,5-6,8-10,12-13H2,(H,22,26). The number of likely N-dealkylation sites (tertiary alicyclic amines) is 1. The summed E-state index contributed by atoms with van der Waals surface area (Å²) in [7, 11) is -3.82. The second kappa shape index (κ2) is 8.99. The molecule has 4 rings (SSSR count). The first-order valence-electron chi connectivity index (χ1n) is 9.83. The van der Waals surface area contributed by atoms with Crippen molar-refractivity contribution in [1.29, 1.82) is 0 Å². The van der Waals surface area contributed by atoms with Crippen LogP contribution in [0.4, 0.5) is 5.69 Å². The Morgan fingerprint density at radius 1 is 1.23 bits per heavy atom. The molecule has 1 aromatic heterocycles. The number of hydrogen-bond donors (Lipinski definition) is 1. The van der Waals surface area contributed by atoms with Crippen LogP contribution in [-0.2, 0) is 30.9 Å². The second-order valence-electron chi connectivity index (χ2n) is 7.41. The average molecular weight is 468 g/mol. The molecule has 0 radical (unpaired) electrons. The Morgan fingerprint density at radius 2 is 2.00 bits per heavy atom. The summed E-state index contributed by atoms with van der Waals surface area (Å²) >= 11 is 6.16. The highest BCUT2D eigenvalue weighted by Crippen LogP contribution is 2.29. The van der Waals surface area contributed by atoms with Gasteiger partial charge in [-0.05, 0) is 30.3 Å². The van der Waals surface area contributed by atoms with Crippen molar-refractivity contribution in [3.05, 3.63) is 47.4 Å². The van der Waals surface area contributed by atoms with E-state index in [9.17, 15) is 18.0 Å². The summed E-state index contributed by atoms with van der Waals surface area (Å²) in [5.41, 5.74) is 0.304. The Bertz CT molecular complexity index is 1070. The molecular weight excluding hydrogens is 446 g/mol. The fourth-order valence-corrected chi connectivity index (χ4v) is 5.55. The molecule has 1 atom stereocenters. The first-order valence-corrected chi connectivity index (χ1v) is 11.6. The third-order valence-electron chi connectivity index (χ3n) is 5.30. The van der Waals surface area contributed by atoms with Crippen molar-refractivity contribution in [3.8, 4) is 0 Å². The zero-order valence-corrected chi connectivity index (χ0v) is 18.2. The number of halogens is 1. The highest BCUT2D eigenvalue weighted by molar-refractivity contribution is 7.89. The van der Waals surface area contributed by atoms with Gasteiger partial charge >= 0.3 is 0 Å². The number of carbonyl (C=O) groups excluding carboxylic acids is 2. The summed E-state index contributed by atoms with van der Waals surface area (Å²) < 4.78 is 37.7. The van der Waals surface area contributed by atoms with Crippen molar-refractivity contribution in [2.24, 2.45) is 5.92 Å². The van der Waals surface area contributed by atoms with Gasteiger partial charge in [0, 0.05) is 31.7 Å². The maximum Gasteiger partial charge on any atom is 0.244 e. The fraction of sp³-hybridized carbons (Fsp3) is 0.400. The number of rotatable bonds is 6. The van der Waals surface area contributed by atoms with Gasteiger partial charge < -0.3 is 19.4 Å². The van der Waals surface area contributed by atoms with Crippen LogP contribution in [0.2, 0.25) is 5.02 Å². The molecule has 0 bridgehead atoms. The molecular formula is C20H22ClN3O6S. The van der Waals surface area contributed by atoms with E-state index in [4.69, 9.17) is 20.8 Å². The van der Waals surface area contributed by atoms with E-state index in [1.165, 1.54) is 28.8 Å². The molecule has 1 unspecified atom stereocenters. The van der Waals surface area contributed by atoms with Gasteiger partial charge in [0.05, 0.1) is 37.0 Å². The molecule has 2 saturated heterocycles. The molecule has 31 heavy (non-hydrogen) atoms. The molecule has 166 valence electrons. The number of hydrogen-bond acceptors (Lipinski definition) is 6. The lowest BCUT2D eigenvalue weighted by atomic mass is 10.1. The fourth-order valence-electron chi connectivity index (χ4n) is 3.64. The third-order valence-corrected chi connectivity index (χ3v) is 7.68. The van der Waals surface area contributed by atoms with Gasteiger partial charge in [-0.3, -0.25) is 9.59 Å². The van der Waals surface area contributed by atoms with Gasteiger partial charge in [0.2, 0.25) is 21.8 Å². The van der Waals surface area contributed by atoms with E-state index in [1.807, 2.05) is 0 Å². The molecule has 1 N–H and O–H groups in total. The predicted molar refractivity (Wildman–Crippen MR) is 112 cm³/mol. The first kappa shape index (κ1) is 21.8. The normalized spacial score (nSPS) is 20.2. The minimum atomic E-state index is -3.82. The van der Waals surface area contributed by atoms with Gasteiger partial charge in [0.1, 0.15) is 10.7 Å². The number of morpholine rings is 1. The van der Waals surface area contributed by atoms with Crippen molar-refractivity contribution in [2.75, 3.05) is 38.2 Å². The number of ether oxygens (including phenoxy) is 1. The summed E-state index contributed by atoms with van der Waals surface area (Å²) in [6.07, 6.45) is 1.61. The van der Waals surface area contributed by atoms with E-state index < -0.39 is 15.9 Å². The number of anilines is 1. The number of carbonyl (C=O) groups is 2.